The molecule has 0 aromatic heterocycles. The molecule has 1 aromatic carbocycles. The van der Waals surface area contributed by atoms with E-state index in [0.29, 0.717) is 5.92 Å². The highest BCUT2D eigenvalue weighted by molar-refractivity contribution is 6.58. The lowest BCUT2D eigenvalue weighted by Gasteiger charge is -2.32. The molecule has 4 heteroatoms. The quantitative estimate of drug-likeness (QED) is 0.647. The molecule has 3 rings (SSSR count). The fraction of sp³-hybridized carbons (Fsp3) is 0.739. The normalized spacial score (nSPS) is 28.9. The van der Waals surface area contributed by atoms with Crippen LogP contribution in [0.1, 0.15) is 95.5 Å². The van der Waals surface area contributed by atoms with E-state index in [0.717, 1.165) is 36.2 Å². The molecule has 0 amide bonds. The molecule has 2 nitrogen and oxygen atoms in total. The first-order valence-corrected chi connectivity index (χ1v) is 11.2. The van der Waals surface area contributed by atoms with Crippen molar-refractivity contribution in [1.82, 2.24) is 0 Å². The van der Waals surface area contributed by atoms with Gasteiger partial charge in [0, 0.05) is 5.46 Å². The number of halogens is 1. The van der Waals surface area contributed by atoms with E-state index in [-0.39, 0.29) is 5.46 Å². The summed E-state index contributed by atoms with van der Waals surface area (Å²) >= 11 is 0. The van der Waals surface area contributed by atoms with Crippen LogP contribution < -0.4 is 5.46 Å². The Balaban J connectivity index is 1.40. The Morgan fingerprint density at radius 2 is 1.37 bits per heavy atom. The van der Waals surface area contributed by atoms with Gasteiger partial charge in [-0.3, -0.25) is 0 Å². The number of rotatable bonds is 7. The monoisotopic (exact) mass is 374 g/mol. The highest BCUT2D eigenvalue weighted by Gasteiger charge is 2.26. The van der Waals surface area contributed by atoms with Crippen molar-refractivity contribution in [3.63, 3.8) is 0 Å². The average molecular weight is 374 g/mol. The van der Waals surface area contributed by atoms with Gasteiger partial charge in [-0.25, -0.2) is 4.39 Å². The lowest BCUT2D eigenvalue weighted by Crippen LogP contribution is -2.32. The first-order chi connectivity index (χ1) is 13.1. The molecule has 2 N–H and O–H groups in total. The minimum Gasteiger partial charge on any atom is -0.423 e. The van der Waals surface area contributed by atoms with Crippen molar-refractivity contribution in [2.75, 3.05) is 0 Å². The Labute approximate surface area is 164 Å². The predicted molar refractivity (Wildman–Crippen MR) is 111 cm³/mol. The van der Waals surface area contributed by atoms with Gasteiger partial charge >= 0.3 is 7.12 Å². The van der Waals surface area contributed by atoms with Crippen molar-refractivity contribution in [3.8, 4) is 0 Å². The molecule has 2 aliphatic carbocycles. The maximum atomic E-state index is 14.0. The summed E-state index contributed by atoms with van der Waals surface area (Å²) < 4.78 is 14.0. The second-order valence-electron chi connectivity index (χ2n) is 9.13. The standard InChI is InChI=1S/C23H36BFO2/c1-2-3-17-4-6-18(7-5-17)8-9-19-10-12-20(13-11-19)21-14-15-22(24(26)27)23(25)16-21/h14-20,26-27H,2-13H2,1H3. The maximum absolute atomic E-state index is 14.0. The van der Waals surface area contributed by atoms with Gasteiger partial charge in [-0.05, 0) is 61.0 Å². The van der Waals surface area contributed by atoms with Crippen molar-refractivity contribution >= 4 is 12.6 Å². The average Bonchev–Trinajstić information content (AvgIpc) is 2.68. The van der Waals surface area contributed by atoms with E-state index in [4.69, 9.17) is 10.0 Å². The van der Waals surface area contributed by atoms with E-state index >= 15 is 0 Å². The van der Waals surface area contributed by atoms with Gasteiger partial charge in [-0.15, -0.1) is 0 Å². The molecule has 0 bridgehead atoms. The van der Waals surface area contributed by atoms with Crippen LogP contribution in [0.2, 0.25) is 0 Å². The summed E-state index contributed by atoms with van der Waals surface area (Å²) in [5, 5.41) is 18.3. The first kappa shape index (κ1) is 20.9. The summed E-state index contributed by atoms with van der Waals surface area (Å²) in [6, 6.07) is 4.91. The Morgan fingerprint density at radius 1 is 0.852 bits per heavy atom. The third-order valence-corrected chi connectivity index (χ3v) is 7.27. The molecule has 150 valence electrons. The smallest absolute Gasteiger partial charge is 0.423 e. The van der Waals surface area contributed by atoms with Gasteiger partial charge in [-0.1, -0.05) is 70.4 Å². The Hall–Kier alpha value is -0.865. The van der Waals surface area contributed by atoms with E-state index in [1.54, 1.807) is 0 Å². The molecule has 1 aromatic rings. The van der Waals surface area contributed by atoms with E-state index in [2.05, 4.69) is 6.92 Å². The fourth-order valence-corrected chi connectivity index (χ4v) is 5.48. The molecule has 2 saturated carbocycles. The summed E-state index contributed by atoms with van der Waals surface area (Å²) in [7, 11) is -1.73. The van der Waals surface area contributed by atoms with Crippen LogP contribution >= 0.6 is 0 Å². The molecule has 0 aliphatic heterocycles. The maximum Gasteiger partial charge on any atom is 0.491 e. The fourth-order valence-electron chi connectivity index (χ4n) is 5.48. The number of hydrogen-bond acceptors (Lipinski definition) is 2. The molecule has 2 fully saturated rings. The minimum absolute atomic E-state index is 0.0268. The van der Waals surface area contributed by atoms with E-state index < -0.39 is 12.9 Å². The lowest BCUT2D eigenvalue weighted by atomic mass is 9.73. The van der Waals surface area contributed by atoms with Crippen molar-refractivity contribution in [2.45, 2.75) is 89.9 Å². The van der Waals surface area contributed by atoms with Gasteiger partial charge in [0.15, 0.2) is 0 Å². The largest absolute Gasteiger partial charge is 0.491 e. The lowest BCUT2D eigenvalue weighted by molar-refractivity contribution is 0.224. The van der Waals surface area contributed by atoms with Crippen molar-refractivity contribution in [2.24, 2.45) is 17.8 Å². The van der Waals surface area contributed by atoms with Crippen molar-refractivity contribution < 1.29 is 14.4 Å². The van der Waals surface area contributed by atoms with E-state index in [1.165, 1.54) is 76.3 Å². The van der Waals surface area contributed by atoms with Gasteiger partial charge in [0.2, 0.25) is 0 Å². The Kier molecular flexibility index (Phi) is 7.78. The van der Waals surface area contributed by atoms with Crippen LogP contribution in [0.25, 0.3) is 0 Å². The van der Waals surface area contributed by atoms with Crippen LogP contribution in [0.5, 0.6) is 0 Å². The number of hydrogen-bond donors (Lipinski definition) is 2. The first-order valence-electron chi connectivity index (χ1n) is 11.2. The zero-order valence-electron chi connectivity index (χ0n) is 16.9. The van der Waals surface area contributed by atoms with Crippen LogP contribution in [0.15, 0.2) is 18.2 Å². The summed E-state index contributed by atoms with van der Waals surface area (Å²) in [4.78, 5) is 0. The molecular weight excluding hydrogens is 338 g/mol. The molecular formula is C23H36BFO2. The summed E-state index contributed by atoms with van der Waals surface area (Å²) in [5.74, 6) is 2.73. The summed E-state index contributed by atoms with van der Waals surface area (Å²) in [5.41, 5.74) is 0.991. The third-order valence-electron chi connectivity index (χ3n) is 7.27. The highest BCUT2D eigenvalue weighted by atomic mass is 19.1. The SMILES string of the molecule is CCCC1CCC(CCC2CCC(c3ccc(B(O)O)c(F)c3)CC2)CC1. The molecule has 27 heavy (non-hydrogen) atoms. The molecule has 0 atom stereocenters. The molecule has 0 heterocycles. The van der Waals surface area contributed by atoms with Gasteiger partial charge in [-0.2, -0.15) is 0 Å². The van der Waals surface area contributed by atoms with Crippen LogP contribution in [0.3, 0.4) is 0 Å². The predicted octanol–water partition coefficient (Wildman–Crippen LogP) is 5.17. The van der Waals surface area contributed by atoms with Crippen LogP contribution in [0.4, 0.5) is 4.39 Å². The van der Waals surface area contributed by atoms with Gasteiger partial charge in [0.1, 0.15) is 5.82 Å². The zero-order valence-corrected chi connectivity index (χ0v) is 16.9. The van der Waals surface area contributed by atoms with Gasteiger partial charge in [0.05, 0.1) is 0 Å². The van der Waals surface area contributed by atoms with Gasteiger partial charge < -0.3 is 10.0 Å². The van der Waals surface area contributed by atoms with Gasteiger partial charge in [0.25, 0.3) is 0 Å². The second kappa shape index (κ2) is 10.1. The summed E-state index contributed by atoms with van der Waals surface area (Å²) in [6.07, 6.45) is 16.1. The third kappa shape index (κ3) is 5.81. The van der Waals surface area contributed by atoms with E-state index in [9.17, 15) is 4.39 Å². The van der Waals surface area contributed by atoms with Crippen LogP contribution in [-0.4, -0.2) is 17.2 Å². The molecule has 2 aliphatic rings. The molecule has 0 spiro atoms. The second-order valence-corrected chi connectivity index (χ2v) is 9.13. The van der Waals surface area contributed by atoms with Crippen LogP contribution in [0, 0.1) is 23.6 Å². The van der Waals surface area contributed by atoms with E-state index in [1.807, 2.05) is 6.07 Å². The topological polar surface area (TPSA) is 40.5 Å². The highest BCUT2D eigenvalue weighted by Crippen LogP contribution is 2.40. The molecule has 0 saturated heterocycles. The Morgan fingerprint density at radius 3 is 1.85 bits per heavy atom. The summed E-state index contributed by atoms with van der Waals surface area (Å²) in [6.45, 7) is 2.31. The Bertz CT molecular complexity index is 576. The zero-order chi connectivity index (χ0) is 19.2. The minimum atomic E-state index is -1.73. The molecule has 0 unspecified atom stereocenters. The van der Waals surface area contributed by atoms with Crippen molar-refractivity contribution in [1.29, 1.82) is 0 Å². The van der Waals surface area contributed by atoms with Crippen LogP contribution in [-0.2, 0) is 0 Å². The molecule has 0 radical (unpaired) electrons. The van der Waals surface area contributed by atoms with Crippen molar-refractivity contribution in [3.05, 3.63) is 29.6 Å². The number of benzene rings is 1.